The minimum absolute atomic E-state index is 0.00909. The molecule has 2 rings (SSSR count). The van der Waals surface area contributed by atoms with Crippen molar-refractivity contribution in [2.24, 2.45) is 0 Å². The summed E-state index contributed by atoms with van der Waals surface area (Å²) in [6.07, 6.45) is 2.35. The van der Waals surface area contributed by atoms with Crippen molar-refractivity contribution < 1.29 is 14.3 Å². The van der Waals surface area contributed by atoms with Gasteiger partial charge in [0.1, 0.15) is 5.70 Å². The first-order valence-corrected chi connectivity index (χ1v) is 9.05. The Kier molecular flexibility index (Phi) is 8.26. The summed E-state index contributed by atoms with van der Waals surface area (Å²) in [5.41, 5.74) is 2.20. The van der Waals surface area contributed by atoms with Gasteiger partial charge in [-0.15, -0.1) is 0 Å². The Morgan fingerprint density at radius 2 is 1.67 bits per heavy atom. The van der Waals surface area contributed by atoms with Crippen LogP contribution in [0.15, 0.2) is 66.4 Å². The Balaban J connectivity index is 1.80. The number of hydrogen-bond donors (Lipinski definition) is 2. The second kappa shape index (κ2) is 10.9. The zero-order chi connectivity index (χ0) is 19.5. The zero-order valence-electron chi connectivity index (χ0n) is 15.8. The van der Waals surface area contributed by atoms with Crippen molar-refractivity contribution in [2.75, 3.05) is 13.2 Å². The van der Waals surface area contributed by atoms with E-state index in [2.05, 4.69) is 10.6 Å². The van der Waals surface area contributed by atoms with Gasteiger partial charge < -0.3 is 15.4 Å². The third-order valence-electron chi connectivity index (χ3n) is 3.91. The number of carbonyl (C=O) groups is 2. The Labute approximate surface area is 160 Å². The fraction of sp³-hybridized carbons (Fsp3) is 0.273. The number of hydrogen-bond acceptors (Lipinski definition) is 3. The van der Waals surface area contributed by atoms with E-state index in [0.717, 1.165) is 11.1 Å². The van der Waals surface area contributed by atoms with E-state index in [1.165, 1.54) is 6.92 Å². The van der Waals surface area contributed by atoms with Crippen LogP contribution in [0, 0.1) is 0 Å². The molecular weight excluding hydrogens is 340 g/mol. The van der Waals surface area contributed by atoms with Crippen molar-refractivity contribution in [3.8, 4) is 0 Å². The summed E-state index contributed by atoms with van der Waals surface area (Å²) in [5.74, 6) is -0.600. The van der Waals surface area contributed by atoms with Crippen molar-refractivity contribution in [3.63, 3.8) is 0 Å². The lowest BCUT2D eigenvalue weighted by molar-refractivity contribution is -0.122. The van der Waals surface area contributed by atoms with Crippen LogP contribution in [0.25, 0.3) is 6.08 Å². The monoisotopic (exact) mass is 366 g/mol. The van der Waals surface area contributed by atoms with Crippen LogP contribution in [0.3, 0.4) is 0 Å². The molecule has 1 atom stereocenters. The van der Waals surface area contributed by atoms with Crippen molar-refractivity contribution >= 4 is 17.9 Å². The van der Waals surface area contributed by atoms with Gasteiger partial charge in [-0.1, -0.05) is 60.7 Å². The number of carbonyl (C=O) groups excluding carboxylic acids is 2. The van der Waals surface area contributed by atoms with Gasteiger partial charge in [-0.05, 0) is 30.5 Å². The van der Waals surface area contributed by atoms with Crippen LogP contribution in [-0.2, 0) is 14.3 Å². The first-order valence-electron chi connectivity index (χ1n) is 9.05. The summed E-state index contributed by atoms with van der Waals surface area (Å²) in [6, 6.07) is 19.4. The fourth-order valence-corrected chi connectivity index (χ4v) is 2.51. The standard InChI is InChI=1S/C22H26N2O3/c1-17(20-12-7-4-8-13-20)27-15-9-14-23-22(26)21(24-18(2)25)16-19-10-5-3-6-11-19/h3-8,10-13,16-17H,9,14-15H2,1-2H3,(H,23,26)(H,24,25)/b21-16+. The average Bonchev–Trinajstić information content (AvgIpc) is 2.68. The molecule has 0 radical (unpaired) electrons. The lowest BCUT2D eigenvalue weighted by Crippen LogP contribution is -2.34. The second-order valence-electron chi connectivity index (χ2n) is 6.18. The van der Waals surface area contributed by atoms with Gasteiger partial charge in [-0.25, -0.2) is 0 Å². The van der Waals surface area contributed by atoms with Crippen molar-refractivity contribution in [3.05, 3.63) is 77.5 Å². The van der Waals surface area contributed by atoms with Crippen LogP contribution < -0.4 is 10.6 Å². The number of amides is 2. The Morgan fingerprint density at radius 1 is 1.04 bits per heavy atom. The Morgan fingerprint density at radius 3 is 2.30 bits per heavy atom. The smallest absolute Gasteiger partial charge is 0.267 e. The Hall–Kier alpha value is -2.92. The van der Waals surface area contributed by atoms with Crippen LogP contribution in [0.5, 0.6) is 0 Å². The molecule has 0 aromatic heterocycles. The van der Waals surface area contributed by atoms with E-state index in [4.69, 9.17) is 4.74 Å². The summed E-state index contributed by atoms with van der Waals surface area (Å²) >= 11 is 0. The third-order valence-corrected chi connectivity index (χ3v) is 3.91. The molecule has 0 heterocycles. The summed E-state index contributed by atoms with van der Waals surface area (Å²) < 4.78 is 5.79. The van der Waals surface area contributed by atoms with Gasteiger partial charge in [-0.2, -0.15) is 0 Å². The lowest BCUT2D eigenvalue weighted by Gasteiger charge is -2.14. The quantitative estimate of drug-likeness (QED) is 0.528. The molecule has 5 nitrogen and oxygen atoms in total. The zero-order valence-corrected chi connectivity index (χ0v) is 15.8. The molecule has 0 aliphatic rings. The average molecular weight is 366 g/mol. The molecule has 0 aliphatic heterocycles. The van der Waals surface area contributed by atoms with Gasteiger partial charge >= 0.3 is 0 Å². The number of rotatable bonds is 9. The second-order valence-corrected chi connectivity index (χ2v) is 6.18. The summed E-state index contributed by atoms with van der Waals surface area (Å²) in [5, 5.41) is 5.41. The lowest BCUT2D eigenvalue weighted by atomic mass is 10.1. The van der Waals surface area contributed by atoms with Gasteiger partial charge in [0.25, 0.3) is 5.91 Å². The highest BCUT2D eigenvalue weighted by molar-refractivity contribution is 6.00. The van der Waals surface area contributed by atoms with Gasteiger partial charge in [0.05, 0.1) is 6.10 Å². The van der Waals surface area contributed by atoms with Gasteiger partial charge in [-0.3, -0.25) is 9.59 Å². The van der Waals surface area contributed by atoms with Crippen LogP contribution >= 0.6 is 0 Å². The summed E-state index contributed by atoms with van der Waals surface area (Å²) in [7, 11) is 0. The van der Waals surface area contributed by atoms with E-state index in [9.17, 15) is 9.59 Å². The predicted octanol–water partition coefficient (Wildman–Crippen LogP) is 3.45. The molecule has 0 fully saturated rings. The molecule has 5 heteroatoms. The van der Waals surface area contributed by atoms with Gasteiger partial charge in [0, 0.05) is 20.1 Å². The van der Waals surface area contributed by atoms with Crippen LogP contribution in [0.2, 0.25) is 0 Å². The van der Waals surface area contributed by atoms with E-state index < -0.39 is 0 Å². The fourth-order valence-electron chi connectivity index (χ4n) is 2.51. The number of nitrogens with one attached hydrogen (secondary N) is 2. The van der Waals surface area contributed by atoms with Crippen molar-refractivity contribution in [2.45, 2.75) is 26.4 Å². The number of ether oxygens (including phenoxy) is 1. The summed E-state index contributed by atoms with van der Waals surface area (Å²) in [6.45, 7) is 4.39. The first-order chi connectivity index (χ1) is 13.1. The molecule has 0 saturated heterocycles. The molecule has 2 aromatic rings. The van der Waals surface area contributed by atoms with E-state index in [1.54, 1.807) is 6.08 Å². The molecule has 2 N–H and O–H groups in total. The van der Waals surface area contributed by atoms with E-state index >= 15 is 0 Å². The maximum atomic E-state index is 12.4. The molecule has 0 bridgehead atoms. The minimum Gasteiger partial charge on any atom is -0.374 e. The maximum Gasteiger partial charge on any atom is 0.267 e. The molecular formula is C22H26N2O3. The molecule has 142 valence electrons. The number of benzene rings is 2. The van der Waals surface area contributed by atoms with Gasteiger partial charge in [0.15, 0.2) is 0 Å². The Bertz CT molecular complexity index is 758. The molecule has 0 saturated carbocycles. The molecule has 2 amide bonds. The minimum atomic E-state index is -0.315. The largest absolute Gasteiger partial charge is 0.374 e. The van der Waals surface area contributed by atoms with E-state index in [0.29, 0.717) is 19.6 Å². The van der Waals surface area contributed by atoms with Crippen molar-refractivity contribution in [1.29, 1.82) is 0 Å². The highest BCUT2D eigenvalue weighted by Gasteiger charge is 2.11. The highest BCUT2D eigenvalue weighted by atomic mass is 16.5. The van der Waals surface area contributed by atoms with Crippen LogP contribution in [0.4, 0.5) is 0 Å². The third kappa shape index (κ3) is 7.46. The highest BCUT2D eigenvalue weighted by Crippen LogP contribution is 2.15. The molecule has 1 unspecified atom stereocenters. The maximum absolute atomic E-state index is 12.4. The van der Waals surface area contributed by atoms with E-state index in [-0.39, 0.29) is 23.6 Å². The first kappa shape index (κ1) is 20.4. The van der Waals surface area contributed by atoms with Gasteiger partial charge in [0.2, 0.25) is 5.91 Å². The predicted molar refractivity (Wildman–Crippen MR) is 107 cm³/mol. The molecule has 2 aromatic carbocycles. The van der Waals surface area contributed by atoms with Crippen LogP contribution in [0.1, 0.15) is 37.5 Å². The van der Waals surface area contributed by atoms with Crippen LogP contribution in [-0.4, -0.2) is 25.0 Å². The summed E-state index contributed by atoms with van der Waals surface area (Å²) in [4.78, 5) is 23.7. The molecule has 27 heavy (non-hydrogen) atoms. The SMILES string of the molecule is CC(=O)N/C(=C/c1ccccc1)C(=O)NCCCOC(C)c1ccccc1. The molecule has 0 aliphatic carbocycles. The van der Waals surface area contributed by atoms with E-state index in [1.807, 2.05) is 67.6 Å². The topological polar surface area (TPSA) is 67.4 Å². The molecule has 0 spiro atoms. The normalized spacial score (nSPS) is 12.3. The van der Waals surface area contributed by atoms with Crippen molar-refractivity contribution in [1.82, 2.24) is 10.6 Å².